The monoisotopic (exact) mass is 311 g/mol. The minimum atomic E-state index is -0.488. The van der Waals surface area contributed by atoms with Gasteiger partial charge in [-0.25, -0.2) is 4.98 Å². The zero-order valence-corrected chi connectivity index (χ0v) is 12.5. The van der Waals surface area contributed by atoms with Gasteiger partial charge in [0.05, 0.1) is 17.7 Å². The van der Waals surface area contributed by atoms with Gasteiger partial charge in [0.15, 0.2) is 5.82 Å². The maximum absolute atomic E-state index is 10.9. The number of imidazole rings is 1. The topological polar surface area (TPSA) is 94.4 Å². The number of methoxy groups -OCH3 is 1. The Bertz CT molecular complexity index is 917. The summed E-state index contributed by atoms with van der Waals surface area (Å²) in [6.07, 6.45) is 1.83. The molecule has 3 rings (SSSR count). The van der Waals surface area contributed by atoms with Gasteiger partial charge in [0, 0.05) is 18.3 Å². The number of aryl methyl sites for hydroxylation is 1. The van der Waals surface area contributed by atoms with Crippen LogP contribution in [0.2, 0.25) is 0 Å². The van der Waals surface area contributed by atoms with Gasteiger partial charge < -0.3 is 4.74 Å². The van der Waals surface area contributed by atoms with Gasteiger partial charge in [0.25, 0.3) is 5.69 Å². The van der Waals surface area contributed by atoms with Crippen LogP contribution >= 0.6 is 0 Å². The predicted octanol–water partition coefficient (Wildman–Crippen LogP) is 3.97. The first kappa shape index (κ1) is 14.6. The van der Waals surface area contributed by atoms with Crippen LogP contribution in [-0.2, 0) is 0 Å². The highest BCUT2D eigenvalue weighted by Gasteiger charge is 2.12. The molecule has 0 saturated heterocycles. The minimum absolute atomic E-state index is 0.0744. The first-order valence-electron chi connectivity index (χ1n) is 6.78. The number of hydrogen-bond donors (Lipinski definition) is 0. The summed E-state index contributed by atoms with van der Waals surface area (Å²) >= 11 is 0. The molecule has 0 aliphatic carbocycles. The number of azo groups is 1. The Morgan fingerprint density at radius 3 is 2.83 bits per heavy atom. The Balaban J connectivity index is 2.06. The number of nitro groups is 1. The molecule has 8 nitrogen and oxygen atoms in total. The molecule has 8 heteroatoms. The number of aromatic nitrogens is 2. The smallest absolute Gasteiger partial charge is 0.271 e. The van der Waals surface area contributed by atoms with E-state index >= 15 is 0 Å². The van der Waals surface area contributed by atoms with E-state index in [1.165, 1.54) is 25.3 Å². The number of pyridine rings is 1. The van der Waals surface area contributed by atoms with Crippen LogP contribution < -0.4 is 4.74 Å². The fraction of sp³-hybridized carbons (Fsp3) is 0.133. The minimum Gasteiger partial charge on any atom is -0.494 e. The van der Waals surface area contributed by atoms with Crippen LogP contribution in [0.15, 0.2) is 52.8 Å². The maximum Gasteiger partial charge on any atom is 0.271 e. The van der Waals surface area contributed by atoms with Crippen LogP contribution in [0, 0.1) is 17.0 Å². The molecule has 1 aromatic carbocycles. The number of hydrogen-bond acceptors (Lipinski definition) is 6. The average molecular weight is 311 g/mol. The van der Waals surface area contributed by atoms with E-state index in [2.05, 4.69) is 15.2 Å². The third-order valence-corrected chi connectivity index (χ3v) is 3.30. The third-order valence-electron chi connectivity index (χ3n) is 3.30. The zero-order valence-electron chi connectivity index (χ0n) is 12.5. The predicted molar refractivity (Wildman–Crippen MR) is 83.8 cm³/mol. The van der Waals surface area contributed by atoms with Gasteiger partial charge in [-0.05, 0) is 25.1 Å². The van der Waals surface area contributed by atoms with Gasteiger partial charge in [0.2, 0.25) is 0 Å². The molecule has 0 bridgehead atoms. The van der Waals surface area contributed by atoms with Gasteiger partial charge in [0.1, 0.15) is 17.1 Å². The molecule has 2 heterocycles. The van der Waals surface area contributed by atoms with Crippen molar-refractivity contribution in [3.05, 3.63) is 58.4 Å². The van der Waals surface area contributed by atoms with Crippen LogP contribution in [0.5, 0.6) is 5.75 Å². The van der Waals surface area contributed by atoms with Gasteiger partial charge >= 0.3 is 0 Å². The van der Waals surface area contributed by atoms with Crippen molar-refractivity contribution in [2.24, 2.45) is 10.2 Å². The summed E-state index contributed by atoms with van der Waals surface area (Å²) in [5.74, 6) is 0.972. The lowest BCUT2D eigenvalue weighted by atomic mass is 10.2. The molecule has 0 aliphatic heterocycles. The van der Waals surface area contributed by atoms with E-state index in [9.17, 15) is 10.1 Å². The lowest BCUT2D eigenvalue weighted by Crippen LogP contribution is -1.89. The van der Waals surface area contributed by atoms with Gasteiger partial charge in [-0.15, -0.1) is 10.2 Å². The highest BCUT2D eigenvalue weighted by Crippen LogP contribution is 2.33. The third kappa shape index (κ3) is 2.73. The van der Waals surface area contributed by atoms with Crippen molar-refractivity contribution >= 4 is 22.8 Å². The van der Waals surface area contributed by atoms with Crippen molar-refractivity contribution in [3.63, 3.8) is 0 Å². The summed E-state index contributed by atoms with van der Waals surface area (Å²) in [4.78, 5) is 14.8. The van der Waals surface area contributed by atoms with E-state index in [0.29, 0.717) is 17.3 Å². The molecule has 23 heavy (non-hydrogen) atoms. The zero-order chi connectivity index (χ0) is 16.4. The normalized spacial score (nSPS) is 11.2. The summed E-state index contributed by atoms with van der Waals surface area (Å²) in [6, 6.07) is 9.78. The number of non-ortho nitro benzene ring substituents is 1. The Hall–Kier alpha value is -3.29. The summed E-state index contributed by atoms with van der Waals surface area (Å²) in [6.45, 7) is 1.83. The first-order chi connectivity index (χ1) is 11.1. The summed E-state index contributed by atoms with van der Waals surface area (Å²) in [5, 5.41) is 19.2. The number of benzene rings is 1. The van der Waals surface area contributed by atoms with E-state index in [1.807, 2.05) is 31.3 Å². The molecule has 0 fully saturated rings. The maximum atomic E-state index is 10.9. The SMILES string of the molecule is COc1ccc([N+](=O)[O-])cc1N=Nc1c(C)nc2ccccn12. The Labute approximate surface area is 131 Å². The molecular formula is C15H13N5O3. The fourth-order valence-electron chi connectivity index (χ4n) is 2.19. The van der Waals surface area contributed by atoms with Gasteiger partial charge in [-0.2, -0.15) is 0 Å². The number of rotatable bonds is 4. The molecule has 0 radical (unpaired) electrons. The van der Waals surface area contributed by atoms with Crippen molar-refractivity contribution in [1.29, 1.82) is 0 Å². The van der Waals surface area contributed by atoms with Crippen LogP contribution in [0.1, 0.15) is 5.69 Å². The average Bonchev–Trinajstić information content (AvgIpc) is 2.87. The first-order valence-corrected chi connectivity index (χ1v) is 6.78. The van der Waals surface area contributed by atoms with E-state index in [-0.39, 0.29) is 11.4 Å². The number of ether oxygens (including phenoxy) is 1. The second-order valence-corrected chi connectivity index (χ2v) is 4.76. The van der Waals surface area contributed by atoms with E-state index < -0.39 is 4.92 Å². The Morgan fingerprint density at radius 1 is 1.26 bits per heavy atom. The van der Waals surface area contributed by atoms with Gasteiger partial charge in [-0.3, -0.25) is 14.5 Å². The summed E-state index contributed by atoms with van der Waals surface area (Å²) in [5.41, 5.74) is 1.68. The molecule has 0 spiro atoms. The molecule has 116 valence electrons. The second-order valence-electron chi connectivity index (χ2n) is 4.76. The molecule has 0 atom stereocenters. The van der Waals surface area contributed by atoms with Crippen molar-refractivity contribution in [1.82, 2.24) is 9.38 Å². The molecule has 0 unspecified atom stereocenters. The van der Waals surface area contributed by atoms with E-state index in [0.717, 1.165) is 5.65 Å². The van der Waals surface area contributed by atoms with Crippen LogP contribution in [-0.4, -0.2) is 21.4 Å². The van der Waals surface area contributed by atoms with E-state index in [1.54, 1.807) is 4.40 Å². The Morgan fingerprint density at radius 2 is 2.09 bits per heavy atom. The largest absolute Gasteiger partial charge is 0.494 e. The Kier molecular flexibility index (Phi) is 3.71. The van der Waals surface area contributed by atoms with Gasteiger partial charge in [-0.1, -0.05) is 6.07 Å². The molecule has 0 amide bonds. The van der Waals surface area contributed by atoms with Crippen molar-refractivity contribution < 1.29 is 9.66 Å². The fourth-order valence-corrected chi connectivity index (χ4v) is 2.19. The van der Waals surface area contributed by atoms with E-state index in [4.69, 9.17) is 4.74 Å². The molecule has 2 aromatic heterocycles. The molecule has 0 N–H and O–H groups in total. The lowest BCUT2D eigenvalue weighted by molar-refractivity contribution is -0.384. The molecular weight excluding hydrogens is 298 g/mol. The number of nitro benzene ring substituents is 1. The molecule has 0 aliphatic rings. The lowest BCUT2D eigenvalue weighted by Gasteiger charge is -2.03. The highest BCUT2D eigenvalue weighted by atomic mass is 16.6. The summed E-state index contributed by atoms with van der Waals surface area (Å²) < 4.78 is 6.96. The van der Waals surface area contributed by atoms with Crippen molar-refractivity contribution in [2.45, 2.75) is 6.92 Å². The van der Waals surface area contributed by atoms with Crippen LogP contribution in [0.25, 0.3) is 5.65 Å². The molecule has 0 saturated carbocycles. The molecule has 3 aromatic rings. The van der Waals surface area contributed by atoms with Crippen LogP contribution in [0.4, 0.5) is 17.2 Å². The van der Waals surface area contributed by atoms with Crippen LogP contribution in [0.3, 0.4) is 0 Å². The number of nitrogens with zero attached hydrogens (tertiary/aromatic N) is 5. The number of fused-ring (bicyclic) bond motifs is 1. The standard InChI is InChI=1S/C15H13N5O3/c1-10-15(19-8-4-3-5-14(19)16-10)18-17-12-9-11(20(21)22)6-7-13(12)23-2/h3-9H,1-2H3. The van der Waals surface area contributed by atoms with Crippen molar-refractivity contribution in [2.75, 3.05) is 7.11 Å². The highest BCUT2D eigenvalue weighted by molar-refractivity contribution is 5.58. The summed E-state index contributed by atoms with van der Waals surface area (Å²) in [7, 11) is 1.47. The quantitative estimate of drug-likeness (QED) is 0.414. The second kappa shape index (κ2) is 5.84. The van der Waals surface area contributed by atoms with Crippen molar-refractivity contribution in [3.8, 4) is 5.75 Å².